The number of nitrogens with one attached hydrogen (secondary N) is 2. The quantitative estimate of drug-likeness (QED) is 0.708. The second-order valence-electron chi connectivity index (χ2n) is 8.84. The fourth-order valence-electron chi connectivity index (χ4n) is 3.89. The normalized spacial score (nSPS) is 22.1. The van der Waals surface area contributed by atoms with Crippen molar-refractivity contribution >= 4 is 23.3 Å². The predicted octanol–water partition coefficient (Wildman–Crippen LogP) is 3.91. The number of methoxy groups -OCH3 is 1. The minimum Gasteiger partial charge on any atom is -0.491 e. The fourth-order valence-corrected chi connectivity index (χ4v) is 3.89. The first-order valence-electron chi connectivity index (χ1n) is 11.3. The van der Waals surface area contributed by atoms with Crippen LogP contribution in [-0.2, 0) is 4.74 Å². The van der Waals surface area contributed by atoms with E-state index in [1.54, 1.807) is 43.3 Å². The van der Waals surface area contributed by atoms with Crippen molar-refractivity contribution in [2.24, 2.45) is 5.92 Å². The van der Waals surface area contributed by atoms with Gasteiger partial charge < -0.3 is 25.0 Å². The molecule has 34 heavy (non-hydrogen) atoms. The lowest BCUT2D eigenvalue weighted by molar-refractivity contribution is 0.0150. The van der Waals surface area contributed by atoms with Crippen LogP contribution in [0.25, 0.3) is 0 Å². The molecule has 1 heterocycles. The van der Waals surface area contributed by atoms with E-state index >= 15 is 0 Å². The Hall–Kier alpha value is -3.17. The summed E-state index contributed by atoms with van der Waals surface area (Å²) in [4.78, 5) is 29.4. The largest absolute Gasteiger partial charge is 0.491 e. The molecule has 0 aliphatic carbocycles. The van der Waals surface area contributed by atoms with Gasteiger partial charge in [0.2, 0.25) is 0 Å². The molecule has 1 aliphatic heterocycles. The summed E-state index contributed by atoms with van der Waals surface area (Å²) in [5.74, 6) is -0.0440. The fraction of sp³-hybridized carbons (Fsp3) is 0.440. The summed E-state index contributed by atoms with van der Waals surface area (Å²) in [5, 5.41) is 5.29. The van der Waals surface area contributed by atoms with Crippen molar-refractivity contribution in [2.45, 2.75) is 26.0 Å². The van der Waals surface area contributed by atoms with Crippen LogP contribution >= 0.6 is 0 Å². The second kappa shape index (κ2) is 11.3. The van der Waals surface area contributed by atoms with Gasteiger partial charge in [0.15, 0.2) is 0 Å². The first-order chi connectivity index (χ1) is 16.2. The summed E-state index contributed by atoms with van der Waals surface area (Å²) >= 11 is 0. The van der Waals surface area contributed by atoms with Gasteiger partial charge in [-0.25, -0.2) is 9.18 Å². The van der Waals surface area contributed by atoms with E-state index in [-0.39, 0.29) is 24.0 Å². The SMILES string of the molecule is CO[C@H]1CN(C)C(=O)c2ccc(NC(=O)Nc3cccc(F)c3)cc2OC[C@H](C)N(C)C[C@H]1C. The van der Waals surface area contributed by atoms with E-state index in [1.165, 1.54) is 18.2 Å². The van der Waals surface area contributed by atoms with Crippen LogP contribution in [0.4, 0.5) is 20.6 Å². The molecule has 0 unspecified atom stereocenters. The number of halogens is 1. The summed E-state index contributed by atoms with van der Waals surface area (Å²) in [7, 11) is 5.44. The van der Waals surface area contributed by atoms with Gasteiger partial charge in [-0.2, -0.15) is 0 Å². The summed E-state index contributed by atoms with van der Waals surface area (Å²) in [6.07, 6.45) is -0.111. The van der Waals surface area contributed by atoms with E-state index in [9.17, 15) is 14.0 Å². The average Bonchev–Trinajstić information content (AvgIpc) is 2.79. The van der Waals surface area contributed by atoms with E-state index in [2.05, 4.69) is 29.4 Å². The first kappa shape index (κ1) is 25.5. The topological polar surface area (TPSA) is 83.1 Å². The Morgan fingerprint density at radius 1 is 1.09 bits per heavy atom. The second-order valence-corrected chi connectivity index (χ2v) is 8.84. The molecule has 2 aromatic carbocycles. The molecule has 0 bridgehead atoms. The number of fused-ring (bicyclic) bond motifs is 1. The summed E-state index contributed by atoms with van der Waals surface area (Å²) in [6, 6.07) is 10.1. The van der Waals surface area contributed by atoms with Gasteiger partial charge in [0, 0.05) is 50.7 Å². The number of nitrogens with zero attached hydrogens (tertiary/aromatic N) is 2. The molecule has 3 amide bonds. The van der Waals surface area contributed by atoms with E-state index in [4.69, 9.17) is 9.47 Å². The number of carbonyl (C=O) groups excluding carboxylic acids is 2. The molecular formula is C25H33FN4O4. The zero-order chi connectivity index (χ0) is 24.8. The number of amides is 3. The third-order valence-corrected chi connectivity index (χ3v) is 6.10. The number of benzene rings is 2. The molecule has 184 valence electrons. The molecule has 0 spiro atoms. The average molecular weight is 473 g/mol. The van der Waals surface area contributed by atoms with Gasteiger partial charge in [-0.05, 0) is 50.2 Å². The number of ether oxygens (including phenoxy) is 2. The van der Waals surface area contributed by atoms with E-state index in [0.29, 0.717) is 35.8 Å². The number of urea groups is 1. The maximum absolute atomic E-state index is 13.4. The van der Waals surface area contributed by atoms with Gasteiger partial charge in [0.1, 0.15) is 18.2 Å². The molecule has 3 rings (SSSR count). The van der Waals surface area contributed by atoms with Crippen molar-refractivity contribution in [2.75, 3.05) is 51.5 Å². The van der Waals surface area contributed by atoms with Crippen LogP contribution in [0.15, 0.2) is 42.5 Å². The zero-order valence-electron chi connectivity index (χ0n) is 20.3. The number of carbonyl (C=O) groups is 2. The lowest BCUT2D eigenvalue weighted by Gasteiger charge is -2.34. The van der Waals surface area contributed by atoms with Gasteiger partial charge in [-0.15, -0.1) is 0 Å². The minimum absolute atomic E-state index is 0.0907. The van der Waals surface area contributed by atoms with Gasteiger partial charge >= 0.3 is 6.03 Å². The zero-order valence-corrected chi connectivity index (χ0v) is 20.3. The Morgan fingerprint density at radius 2 is 1.79 bits per heavy atom. The number of hydrogen-bond acceptors (Lipinski definition) is 5. The molecule has 0 aromatic heterocycles. The van der Waals surface area contributed by atoms with Gasteiger partial charge in [-0.1, -0.05) is 13.0 Å². The summed E-state index contributed by atoms with van der Waals surface area (Å²) in [6.45, 7) is 5.77. The summed E-state index contributed by atoms with van der Waals surface area (Å²) < 4.78 is 25.1. The van der Waals surface area contributed by atoms with Crippen LogP contribution in [-0.4, -0.2) is 74.8 Å². The smallest absolute Gasteiger partial charge is 0.323 e. The van der Waals surface area contributed by atoms with Crippen molar-refractivity contribution in [3.05, 3.63) is 53.8 Å². The van der Waals surface area contributed by atoms with Crippen LogP contribution in [0.5, 0.6) is 5.75 Å². The molecule has 2 N–H and O–H groups in total. The van der Waals surface area contributed by atoms with Crippen molar-refractivity contribution in [3.63, 3.8) is 0 Å². The lowest BCUT2D eigenvalue weighted by atomic mass is 10.0. The van der Waals surface area contributed by atoms with Crippen LogP contribution in [0.3, 0.4) is 0 Å². The Morgan fingerprint density at radius 3 is 2.47 bits per heavy atom. The van der Waals surface area contributed by atoms with E-state index < -0.39 is 11.8 Å². The van der Waals surface area contributed by atoms with Gasteiger partial charge in [0.25, 0.3) is 5.91 Å². The Bertz CT molecular complexity index is 1020. The van der Waals surface area contributed by atoms with Crippen molar-refractivity contribution in [1.82, 2.24) is 9.80 Å². The number of anilines is 2. The molecule has 1 aliphatic rings. The molecule has 0 saturated carbocycles. The molecule has 0 fully saturated rings. The summed E-state index contributed by atoms with van der Waals surface area (Å²) in [5.41, 5.74) is 1.17. The third kappa shape index (κ3) is 6.45. The predicted molar refractivity (Wildman–Crippen MR) is 130 cm³/mol. The van der Waals surface area contributed by atoms with E-state index in [0.717, 1.165) is 6.54 Å². The maximum Gasteiger partial charge on any atom is 0.323 e. The number of likely N-dealkylation sites (N-methyl/N-ethyl adjacent to an activating group) is 2. The minimum atomic E-state index is -0.535. The number of hydrogen-bond donors (Lipinski definition) is 2. The lowest BCUT2D eigenvalue weighted by Crippen LogP contribution is -2.45. The Kier molecular flexibility index (Phi) is 8.46. The molecule has 0 radical (unpaired) electrons. The third-order valence-electron chi connectivity index (χ3n) is 6.10. The van der Waals surface area contributed by atoms with Gasteiger partial charge in [0.05, 0.1) is 11.7 Å². The van der Waals surface area contributed by atoms with Crippen LogP contribution in [0.2, 0.25) is 0 Å². The highest BCUT2D eigenvalue weighted by Crippen LogP contribution is 2.27. The Labute approximate surface area is 200 Å². The van der Waals surface area contributed by atoms with Gasteiger partial charge in [-0.3, -0.25) is 9.69 Å². The highest BCUT2D eigenvalue weighted by molar-refractivity contribution is 6.01. The molecule has 9 heteroatoms. The highest BCUT2D eigenvalue weighted by atomic mass is 19.1. The van der Waals surface area contributed by atoms with E-state index in [1.807, 2.05) is 7.05 Å². The Balaban J connectivity index is 1.83. The molecule has 3 atom stereocenters. The van der Waals surface area contributed by atoms with Crippen molar-refractivity contribution in [1.29, 1.82) is 0 Å². The van der Waals surface area contributed by atoms with Crippen molar-refractivity contribution < 1.29 is 23.5 Å². The standard InChI is InChI=1S/C25H33FN4O4/c1-16-13-29(3)17(2)15-34-22-12-20(28-25(32)27-19-8-6-7-18(26)11-19)9-10-21(22)24(31)30(4)14-23(16)33-5/h6-12,16-17,23H,13-15H2,1-5H3,(H2,27,28,32)/t16-,17+,23+/m1/s1. The van der Waals surface area contributed by atoms with Crippen LogP contribution < -0.4 is 15.4 Å². The van der Waals surface area contributed by atoms with Crippen molar-refractivity contribution in [3.8, 4) is 5.75 Å². The highest BCUT2D eigenvalue weighted by Gasteiger charge is 2.27. The monoisotopic (exact) mass is 472 g/mol. The first-order valence-corrected chi connectivity index (χ1v) is 11.3. The molecule has 2 aromatic rings. The van der Waals surface area contributed by atoms with Crippen LogP contribution in [0.1, 0.15) is 24.2 Å². The molecule has 0 saturated heterocycles. The van der Waals surface area contributed by atoms with Crippen LogP contribution in [0, 0.1) is 11.7 Å². The maximum atomic E-state index is 13.4. The molecule has 8 nitrogen and oxygen atoms in total. The molecular weight excluding hydrogens is 439 g/mol. The number of rotatable bonds is 3.